The molecule has 2 amide bonds. The van der Waals surface area contributed by atoms with Crippen LogP contribution in [0.25, 0.3) is 27.1 Å². The maximum Gasteiger partial charge on any atom is 0.250 e. The average molecular weight is 409 g/mol. The van der Waals surface area contributed by atoms with Gasteiger partial charge in [0.25, 0.3) is 5.91 Å². The van der Waals surface area contributed by atoms with Gasteiger partial charge in [0.15, 0.2) is 0 Å². The molecule has 0 atom stereocenters. The van der Waals surface area contributed by atoms with Crippen LogP contribution < -0.4 is 11.1 Å². The Morgan fingerprint density at radius 2 is 1.39 bits per heavy atom. The molecule has 0 radical (unpaired) electrons. The summed E-state index contributed by atoms with van der Waals surface area (Å²) in [5.41, 5.74) is 7.69. The number of amides is 2. The van der Waals surface area contributed by atoms with Gasteiger partial charge in [0, 0.05) is 16.8 Å². The number of carbonyl (C=O) groups is 2. The third-order valence-corrected chi connectivity index (χ3v) is 4.81. The van der Waals surface area contributed by atoms with E-state index in [0.29, 0.717) is 11.1 Å². The minimum atomic E-state index is -0.480. The van der Waals surface area contributed by atoms with Crippen LogP contribution >= 0.6 is 0 Å². The number of primary amides is 1. The van der Waals surface area contributed by atoms with E-state index in [1.54, 1.807) is 6.92 Å². The van der Waals surface area contributed by atoms with Gasteiger partial charge in [-0.05, 0) is 46.2 Å². The smallest absolute Gasteiger partial charge is 0.250 e. The molecule has 0 bridgehead atoms. The summed E-state index contributed by atoms with van der Waals surface area (Å²) in [6, 6.07) is 27.5. The van der Waals surface area contributed by atoms with Crippen molar-refractivity contribution in [2.45, 2.75) is 6.92 Å². The average Bonchev–Trinajstić information content (AvgIpc) is 2.78. The zero-order valence-corrected chi connectivity index (χ0v) is 17.4. The van der Waals surface area contributed by atoms with Crippen LogP contribution in [0.15, 0.2) is 104 Å². The molecule has 0 aliphatic carbocycles. The van der Waals surface area contributed by atoms with Crippen LogP contribution in [0.4, 0.5) is 5.69 Å². The Labute approximate surface area is 181 Å². The Bertz CT molecular complexity index is 1300. The van der Waals surface area contributed by atoms with Gasteiger partial charge in [0.1, 0.15) is 0 Å². The Morgan fingerprint density at radius 3 is 2.06 bits per heavy atom. The quantitative estimate of drug-likeness (QED) is 0.426. The highest BCUT2D eigenvalue weighted by molar-refractivity contribution is 6.21. The lowest BCUT2D eigenvalue weighted by atomic mass is 9.99. The van der Waals surface area contributed by atoms with Crippen LogP contribution in [0, 0.1) is 0 Å². The van der Waals surface area contributed by atoms with E-state index in [9.17, 15) is 9.59 Å². The summed E-state index contributed by atoms with van der Waals surface area (Å²) in [7, 11) is 0. The van der Waals surface area contributed by atoms with Crippen molar-refractivity contribution in [1.29, 1.82) is 0 Å². The van der Waals surface area contributed by atoms with Crippen molar-refractivity contribution in [1.82, 2.24) is 0 Å². The lowest BCUT2D eigenvalue weighted by molar-refractivity contribution is -0.113. The summed E-state index contributed by atoms with van der Waals surface area (Å²) in [5.74, 6) is -0.623. The van der Waals surface area contributed by atoms with Crippen molar-refractivity contribution < 1.29 is 9.59 Å². The van der Waals surface area contributed by atoms with Gasteiger partial charge in [0.05, 0.1) is 0 Å². The van der Waals surface area contributed by atoms with E-state index < -0.39 is 5.91 Å². The predicted molar refractivity (Wildman–Crippen MR) is 130 cm³/mol. The van der Waals surface area contributed by atoms with E-state index in [2.05, 4.69) is 18.5 Å². The molecule has 4 rings (SSSR count). The molecule has 0 aromatic heterocycles. The molecule has 0 spiro atoms. The van der Waals surface area contributed by atoms with Gasteiger partial charge < -0.3 is 11.1 Å². The van der Waals surface area contributed by atoms with Crippen LogP contribution in [0.1, 0.15) is 12.5 Å². The van der Waals surface area contributed by atoms with E-state index in [1.165, 1.54) is 0 Å². The lowest BCUT2D eigenvalue weighted by Gasteiger charge is -2.06. The number of hydrogen-bond acceptors (Lipinski definition) is 2. The van der Waals surface area contributed by atoms with Gasteiger partial charge in [-0.25, -0.2) is 0 Å². The van der Waals surface area contributed by atoms with E-state index >= 15 is 0 Å². The summed E-state index contributed by atoms with van der Waals surface area (Å²) < 4.78 is 0. The predicted octanol–water partition coefficient (Wildman–Crippen LogP) is 5.69. The van der Waals surface area contributed by atoms with Crippen LogP contribution in [-0.4, -0.2) is 11.8 Å². The third-order valence-electron chi connectivity index (χ3n) is 4.81. The topological polar surface area (TPSA) is 72.2 Å². The first-order valence-corrected chi connectivity index (χ1v) is 9.79. The molecule has 4 aromatic rings. The summed E-state index contributed by atoms with van der Waals surface area (Å²) >= 11 is 0. The van der Waals surface area contributed by atoms with E-state index in [1.807, 2.05) is 84.9 Å². The van der Waals surface area contributed by atoms with E-state index in [4.69, 9.17) is 5.73 Å². The summed E-state index contributed by atoms with van der Waals surface area (Å²) in [6.07, 6.45) is 0. The van der Waals surface area contributed by atoms with Crippen molar-refractivity contribution in [2.24, 2.45) is 5.73 Å². The van der Waals surface area contributed by atoms with Crippen molar-refractivity contribution in [2.75, 3.05) is 5.32 Å². The zero-order valence-electron chi connectivity index (χ0n) is 17.4. The van der Waals surface area contributed by atoms with Gasteiger partial charge in [-0.1, -0.05) is 86.0 Å². The second-order valence-electron chi connectivity index (χ2n) is 7.17. The molecule has 3 N–H and O–H groups in total. The van der Waals surface area contributed by atoms with Gasteiger partial charge in [0.2, 0.25) is 5.91 Å². The van der Waals surface area contributed by atoms with Gasteiger partial charge >= 0.3 is 0 Å². The highest BCUT2D eigenvalue weighted by Crippen LogP contribution is 2.23. The first-order chi connectivity index (χ1) is 14.9. The second kappa shape index (κ2) is 9.55. The number of hydrogen-bond donors (Lipinski definition) is 2. The Kier molecular flexibility index (Phi) is 6.63. The SMILES string of the molecule is C=C(C(N)=O)c1cccc2ccccc12.C=C(C)C(=O)Nc1ccc2ccccc2c1. The first kappa shape index (κ1) is 21.5. The molecular weight excluding hydrogens is 384 g/mol. The van der Waals surface area contributed by atoms with Gasteiger partial charge in [-0.3, -0.25) is 9.59 Å². The number of rotatable bonds is 4. The van der Waals surface area contributed by atoms with E-state index in [-0.39, 0.29) is 5.91 Å². The molecule has 4 aromatic carbocycles. The molecular formula is C27H24N2O2. The lowest BCUT2D eigenvalue weighted by Crippen LogP contribution is -2.12. The molecule has 0 saturated heterocycles. The Morgan fingerprint density at radius 1 is 0.774 bits per heavy atom. The maximum absolute atomic E-state index is 11.4. The molecule has 154 valence electrons. The number of carbonyl (C=O) groups excluding carboxylic acids is 2. The van der Waals surface area contributed by atoms with Crippen molar-refractivity contribution in [3.8, 4) is 0 Å². The zero-order chi connectivity index (χ0) is 22.4. The normalized spacial score (nSPS) is 10.1. The Hall–Kier alpha value is -4.18. The molecule has 0 heterocycles. The minimum absolute atomic E-state index is 0.143. The molecule has 4 nitrogen and oxygen atoms in total. The third kappa shape index (κ3) is 5.25. The number of anilines is 1. The molecule has 31 heavy (non-hydrogen) atoms. The van der Waals surface area contributed by atoms with Crippen LogP contribution in [0.2, 0.25) is 0 Å². The van der Waals surface area contributed by atoms with Crippen LogP contribution in [0.5, 0.6) is 0 Å². The van der Waals surface area contributed by atoms with Crippen LogP contribution in [-0.2, 0) is 9.59 Å². The second-order valence-corrected chi connectivity index (χ2v) is 7.17. The van der Waals surface area contributed by atoms with Crippen molar-refractivity contribution >= 4 is 44.6 Å². The fourth-order valence-electron chi connectivity index (χ4n) is 3.13. The van der Waals surface area contributed by atoms with Crippen molar-refractivity contribution in [3.63, 3.8) is 0 Å². The molecule has 0 aliphatic rings. The first-order valence-electron chi connectivity index (χ1n) is 9.79. The summed E-state index contributed by atoms with van der Waals surface area (Å²) in [6.45, 7) is 8.99. The molecule has 0 unspecified atom stereocenters. The van der Waals surface area contributed by atoms with E-state index in [0.717, 1.165) is 32.8 Å². The van der Waals surface area contributed by atoms with Gasteiger partial charge in [-0.2, -0.15) is 0 Å². The monoisotopic (exact) mass is 408 g/mol. The Balaban J connectivity index is 0.000000176. The number of benzene rings is 4. The standard InChI is InChI=1S/C14H13NO.C13H11NO/c1-10(2)14(16)15-13-8-7-11-5-3-4-6-12(11)9-13;1-9(13(14)15)11-8-4-6-10-5-2-3-7-12(10)11/h3-9H,1H2,2H3,(H,15,16);2-8H,1H2,(H2,14,15). The molecule has 0 saturated carbocycles. The number of fused-ring (bicyclic) bond motifs is 2. The maximum atomic E-state index is 11.4. The molecule has 0 fully saturated rings. The van der Waals surface area contributed by atoms with Crippen LogP contribution in [0.3, 0.4) is 0 Å². The number of nitrogens with one attached hydrogen (secondary N) is 1. The van der Waals surface area contributed by atoms with Crippen molar-refractivity contribution in [3.05, 3.63) is 109 Å². The fourth-order valence-corrected chi connectivity index (χ4v) is 3.13. The minimum Gasteiger partial charge on any atom is -0.366 e. The summed E-state index contributed by atoms with van der Waals surface area (Å²) in [4.78, 5) is 22.5. The summed E-state index contributed by atoms with van der Waals surface area (Å²) in [5, 5.41) is 7.16. The highest BCUT2D eigenvalue weighted by atomic mass is 16.2. The number of nitrogens with two attached hydrogens (primary N) is 1. The molecule has 4 heteroatoms. The van der Waals surface area contributed by atoms with Gasteiger partial charge in [-0.15, -0.1) is 0 Å². The largest absolute Gasteiger partial charge is 0.366 e. The molecule has 0 aliphatic heterocycles. The highest BCUT2D eigenvalue weighted by Gasteiger charge is 2.08. The fraction of sp³-hybridized carbons (Fsp3) is 0.0370.